The molecule has 0 aliphatic carbocycles. The third kappa shape index (κ3) is 6.85. The molecule has 1 aliphatic heterocycles. The summed E-state index contributed by atoms with van der Waals surface area (Å²) < 4.78 is 10.9. The minimum absolute atomic E-state index is 0.0888. The molecule has 8 heteroatoms. The molecule has 25 heavy (non-hydrogen) atoms. The van der Waals surface area contributed by atoms with Gasteiger partial charge in [0.05, 0.1) is 20.1 Å². The van der Waals surface area contributed by atoms with Crippen LogP contribution in [0.15, 0.2) is 24.3 Å². The van der Waals surface area contributed by atoms with Gasteiger partial charge in [-0.3, -0.25) is 15.6 Å². The molecule has 4 N–H and O–H groups in total. The molecule has 0 bridgehead atoms. The van der Waals surface area contributed by atoms with Crippen LogP contribution in [0, 0.1) is 0 Å². The maximum atomic E-state index is 12.0. The number of hydrogen-bond acceptors (Lipinski definition) is 4. The molecule has 0 spiro atoms. The Labute approximate surface area is 154 Å². The van der Waals surface area contributed by atoms with Crippen molar-refractivity contribution in [2.75, 3.05) is 32.1 Å². The van der Waals surface area contributed by atoms with Gasteiger partial charge in [0, 0.05) is 11.8 Å². The van der Waals surface area contributed by atoms with Crippen molar-refractivity contribution >= 4 is 28.9 Å². The fourth-order valence-electron chi connectivity index (χ4n) is 2.94. The highest BCUT2D eigenvalue weighted by Gasteiger charge is 2.25. The zero-order valence-electron chi connectivity index (χ0n) is 14.9. The molecule has 138 valence electrons. The summed E-state index contributed by atoms with van der Waals surface area (Å²) >= 11 is 5.17. The van der Waals surface area contributed by atoms with E-state index < -0.39 is 0 Å². The first-order chi connectivity index (χ1) is 12.0. The highest BCUT2D eigenvalue weighted by atomic mass is 32.1. The van der Waals surface area contributed by atoms with Crippen LogP contribution in [0.25, 0.3) is 0 Å². The van der Waals surface area contributed by atoms with E-state index in [1.54, 1.807) is 7.11 Å². The number of amides is 1. The van der Waals surface area contributed by atoms with Gasteiger partial charge in [0.15, 0.2) is 5.11 Å². The molecule has 1 aromatic rings. The predicted octanol–water partition coefficient (Wildman–Crippen LogP) is 0.0950. The highest BCUT2D eigenvalue weighted by Crippen LogP contribution is 2.16. The summed E-state index contributed by atoms with van der Waals surface area (Å²) in [7, 11) is 1.61. The van der Waals surface area contributed by atoms with E-state index >= 15 is 0 Å². The smallest absolute Gasteiger partial charge is 0.244 e. The SMILES string of the molecule is COc1cccc(NC(=S)NNC(=O)CC[NH+]2C[C@@H](C)O[C@H](C)C2)c1. The van der Waals surface area contributed by atoms with Crippen molar-refractivity contribution in [1.82, 2.24) is 10.9 Å². The molecule has 1 fully saturated rings. The van der Waals surface area contributed by atoms with Crippen LogP contribution in [-0.2, 0) is 9.53 Å². The number of thiocarbonyl (C=S) groups is 1. The van der Waals surface area contributed by atoms with E-state index in [0.29, 0.717) is 11.5 Å². The lowest BCUT2D eigenvalue weighted by molar-refractivity contribution is -0.914. The molecule has 7 nitrogen and oxygen atoms in total. The van der Waals surface area contributed by atoms with Crippen LogP contribution in [0.2, 0.25) is 0 Å². The number of methoxy groups -OCH3 is 1. The van der Waals surface area contributed by atoms with Gasteiger partial charge in [-0.1, -0.05) is 6.07 Å². The number of carbonyl (C=O) groups excluding carboxylic acids is 1. The standard InChI is InChI=1S/C17H26N4O3S/c1-12-10-21(11-13(2)24-12)8-7-16(22)19-20-17(25)18-14-5-4-6-15(9-14)23-3/h4-6,9,12-13H,7-8,10-11H2,1-3H3,(H,19,22)(H2,18,20,25)/p+1/t12-,13-/m1/s1. The van der Waals surface area contributed by atoms with Crippen molar-refractivity contribution in [2.24, 2.45) is 0 Å². The van der Waals surface area contributed by atoms with E-state index in [4.69, 9.17) is 21.7 Å². The summed E-state index contributed by atoms with van der Waals surface area (Å²) in [6, 6.07) is 7.39. The van der Waals surface area contributed by atoms with Crippen molar-refractivity contribution in [2.45, 2.75) is 32.5 Å². The maximum Gasteiger partial charge on any atom is 0.244 e. The molecule has 2 rings (SSSR count). The molecule has 1 saturated heterocycles. The first-order valence-corrected chi connectivity index (χ1v) is 8.86. The molecule has 0 saturated carbocycles. The van der Waals surface area contributed by atoms with Gasteiger partial charge in [0.1, 0.15) is 31.0 Å². The topological polar surface area (TPSA) is 76.1 Å². The van der Waals surface area contributed by atoms with Crippen molar-refractivity contribution < 1.29 is 19.2 Å². The van der Waals surface area contributed by atoms with Crippen LogP contribution >= 0.6 is 12.2 Å². The van der Waals surface area contributed by atoms with E-state index in [9.17, 15) is 4.79 Å². The normalized spacial score (nSPS) is 22.8. The second-order valence-electron chi connectivity index (χ2n) is 6.27. The maximum absolute atomic E-state index is 12.0. The Balaban J connectivity index is 1.67. The molecule has 1 aromatic carbocycles. The highest BCUT2D eigenvalue weighted by molar-refractivity contribution is 7.80. The van der Waals surface area contributed by atoms with E-state index in [0.717, 1.165) is 31.1 Å². The van der Waals surface area contributed by atoms with E-state index in [-0.39, 0.29) is 18.1 Å². The zero-order valence-corrected chi connectivity index (χ0v) is 15.7. The Kier molecular flexibility index (Phi) is 7.42. The molecule has 0 aromatic heterocycles. The number of benzene rings is 1. The Morgan fingerprint density at radius 2 is 2.04 bits per heavy atom. The summed E-state index contributed by atoms with van der Waals surface area (Å²) in [6.07, 6.45) is 0.906. The Morgan fingerprint density at radius 3 is 2.72 bits per heavy atom. The van der Waals surface area contributed by atoms with Crippen LogP contribution in [0.5, 0.6) is 5.75 Å². The van der Waals surface area contributed by atoms with Gasteiger partial charge in [-0.25, -0.2) is 0 Å². The lowest BCUT2D eigenvalue weighted by Gasteiger charge is -2.32. The molecule has 0 radical (unpaired) electrons. The first-order valence-electron chi connectivity index (χ1n) is 8.45. The number of ether oxygens (including phenoxy) is 2. The minimum Gasteiger partial charge on any atom is -0.497 e. The summed E-state index contributed by atoms with van der Waals surface area (Å²) in [5.41, 5.74) is 6.13. The Hall–Kier alpha value is -1.90. The fourth-order valence-corrected chi connectivity index (χ4v) is 3.10. The number of carbonyl (C=O) groups is 1. The molecule has 1 aliphatic rings. The average molecular weight is 367 g/mol. The second kappa shape index (κ2) is 9.55. The number of quaternary nitrogens is 1. The zero-order chi connectivity index (χ0) is 18.2. The van der Waals surface area contributed by atoms with Crippen LogP contribution in [-0.4, -0.2) is 50.0 Å². The quantitative estimate of drug-likeness (QED) is 0.437. The van der Waals surface area contributed by atoms with Crippen molar-refractivity contribution in [1.29, 1.82) is 0 Å². The van der Waals surface area contributed by atoms with E-state index in [1.807, 2.05) is 24.3 Å². The molecule has 1 heterocycles. The van der Waals surface area contributed by atoms with Gasteiger partial charge in [-0.2, -0.15) is 0 Å². The fraction of sp³-hybridized carbons (Fsp3) is 0.529. The van der Waals surface area contributed by atoms with E-state index in [2.05, 4.69) is 30.0 Å². The number of nitrogens with one attached hydrogen (secondary N) is 4. The largest absolute Gasteiger partial charge is 0.497 e. The monoisotopic (exact) mass is 367 g/mol. The third-order valence-electron chi connectivity index (χ3n) is 3.97. The lowest BCUT2D eigenvalue weighted by atomic mass is 10.2. The number of hydrogen-bond donors (Lipinski definition) is 4. The molecule has 2 atom stereocenters. The van der Waals surface area contributed by atoms with Crippen LogP contribution < -0.4 is 25.8 Å². The average Bonchev–Trinajstić information content (AvgIpc) is 2.57. The summed E-state index contributed by atoms with van der Waals surface area (Å²) in [5, 5.41) is 3.31. The van der Waals surface area contributed by atoms with E-state index in [1.165, 1.54) is 4.90 Å². The molecular weight excluding hydrogens is 340 g/mol. The summed E-state index contributed by atoms with van der Waals surface area (Å²) in [6.45, 7) is 6.78. The van der Waals surface area contributed by atoms with Gasteiger partial charge in [-0.15, -0.1) is 0 Å². The van der Waals surface area contributed by atoms with Crippen molar-refractivity contribution in [3.63, 3.8) is 0 Å². The van der Waals surface area contributed by atoms with Gasteiger partial charge in [0.2, 0.25) is 5.91 Å². The Bertz CT molecular complexity index is 589. The van der Waals surface area contributed by atoms with Gasteiger partial charge in [-0.05, 0) is 38.2 Å². The number of morpholine rings is 1. The summed E-state index contributed by atoms with van der Waals surface area (Å²) in [4.78, 5) is 13.4. The van der Waals surface area contributed by atoms with Crippen molar-refractivity contribution in [3.05, 3.63) is 24.3 Å². The number of anilines is 1. The molecule has 0 unspecified atom stereocenters. The summed E-state index contributed by atoms with van der Waals surface area (Å²) in [5.74, 6) is 0.642. The first kappa shape index (κ1) is 19.4. The van der Waals surface area contributed by atoms with Crippen molar-refractivity contribution in [3.8, 4) is 5.75 Å². The molecular formula is C17H27N4O3S+. The lowest BCUT2D eigenvalue weighted by Crippen LogP contribution is -3.15. The van der Waals surface area contributed by atoms with Gasteiger partial charge >= 0.3 is 0 Å². The number of rotatable bonds is 5. The molecule has 1 amide bonds. The van der Waals surface area contributed by atoms with Gasteiger partial charge < -0.3 is 19.7 Å². The van der Waals surface area contributed by atoms with Crippen LogP contribution in [0.1, 0.15) is 20.3 Å². The Morgan fingerprint density at radius 1 is 1.32 bits per heavy atom. The van der Waals surface area contributed by atoms with Crippen LogP contribution in [0.3, 0.4) is 0 Å². The second-order valence-corrected chi connectivity index (χ2v) is 6.68. The van der Waals surface area contributed by atoms with Gasteiger partial charge in [0.25, 0.3) is 0 Å². The van der Waals surface area contributed by atoms with Crippen LogP contribution in [0.4, 0.5) is 5.69 Å². The minimum atomic E-state index is -0.0888. The number of hydrazine groups is 1. The third-order valence-corrected chi connectivity index (χ3v) is 4.17. The predicted molar refractivity (Wildman–Crippen MR) is 101 cm³/mol.